The lowest BCUT2D eigenvalue weighted by molar-refractivity contribution is 0.0599. The van der Waals surface area contributed by atoms with Gasteiger partial charge in [-0.15, -0.1) is 0 Å². The Morgan fingerprint density at radius 2 is 2.00 bits per heavy atom. The van der Waals surface area contributed by atoms with Crippen molar-refractivity contribution in [1.29, 1.82) is 0 Å². The molecular weight excluding hydrogens is 346 g/mol. The molecule has 7 heteroatoms. The van der Waals surface area contributed by atoms with E-state index in [0.717, 1.165) is 34.3 Å². The van der Waals surface area contributed by atoms with Crippen LogP contribution in [-0.4, -0.2) is 42.0 Å². The summed E-state index contributed by atoms with van der Waals surface area (Å²) in [5.41, 5.74) is 0.786. The number of piperidine rings is 1. The van der Waals surface area contributed by atoms with Crippen LogP contribution >= 0.6 is 22.9 Å². The third kappa shape index (κ3) is 3.82. The van der Waals surface area contributed by atoms with E-state index in [9.17, 15) is 4.79 Å². The molecule has 2 aromatic rings. The number of ether oxygens (including phenoxy) is 1. The van der Waals surface area contributed by atoms with Crippen LogP contribution in [0.15, 0.2) is 24.3 Å². The lowest BCUT2D eigenvalue weighted by Crippen LogP contribution is -2.41. The Labute approximate surface area is 150 Å². The molecule has 1 saturated heterocycles. The number of thiazole rings is 1. The number of likely N-dealkylation sites (tertiary alicyclic amines) is 1. The fourth-order valence-corrected chi connectivity index (χ4v) is 3.74. The van der Waals surface area contributed by atoms with Crippen LogP contribution in [-0.2, 0) is 0 Å². The number of aromatic nitrogens is 1. The summed E-state index contributed by atoms with van der Waals surface area (Å²) in [6.45, 7) is 3.27. The second-order valence-electron chi connectivity index (χ2n) is 5.75. The van der Waals surface area contributed by atoms with Gasteiger partial charge in [0.1, 0.15) is 16.7 Å². The number of halogens is 1. The highest BCUT2D eigenvalue weighted by atomic mass is 35.5. The van der Waals surface area contributed by atoms with E-state index in [0.29, 0.717) is 18.1 Å². The number of amides is 1. The van der Waals surface area contributed by atoms with Crippen molar-refractivity contribution >= 4 is 34.0 Å². The molecule has 0 aliphatic carbocycles. The Morgan fingerprint density at radius 3 is 2.58 bits per heavy atom. The molecule has 1 aliphatic rings. The SMILES string of the molecule is CNc1nc(C)c(C(=O)N2CCC(Oc3ccc(Cl)cc3)CC2)s1. The van der Waals surface area contributed by atoms with E-state index in [1.54, 1.807) is 0 Å². The maximum Gasteiger partial charge on any atom is 0.265 e. The maximum atomic E-state index is 12.7. The van der Waals surface area contributed by atoms with Gasteiger partial charge >= 0.3 is 0 Å². The van der Waals surface area contributed by atoms with Gasteiger partial charge in [0.05, 0.1) is 5.69 Å². The van der Waals surface area contributed by atoms with Gasteiger partial charge in [-0.25, -0.2) is 4.98 Å². The highest BCUT2D eigenvalue weighted by Crippen LogP contribution is 2.26. The number of aryl methyl sites for hydroxylation is 1. The number of benzene rings is 1. The Hall–Kier alpha value is -1.79. The number of carbonyl (C=O) groups is 1. The first-order chi connectivity index (χ1) is 11.6. The van der Waals surface area contributed by atoms with Crippen molar-refractivity contribution < 1.29 is 9.53 Å². The molecule has 1 aromatic heterocycles. The number of rotatable bonds is 4. The van der Waals surface area contributed by atoms with Crippen LogP contribution in [0.3, 0.4) is 0 Å². The maximum absolute atomic E-state index is 12.7. The zero-order valence-corrected chi connectivity index (χ0v) is 15.3. The van der Waals surface area contributed by atoms with E-state index in [1.165, 1.54) is 11.3 Å². The number of nitrogens with one attached hydrogen (secondary N) is 1. The second-order valence-corrected chi connectivity index (χ2v) is 7.18. The fraction of sp³-hybridized carbons (Fsp3) is 0.412. The van der Waals surface area contributed by atoms with Crippen LogP contribution in [0.2, 0.25) is 5.02 Å². The molecule has 0 bridgehead atoms. The molecule has 1 amide bonds. The van der Waals surface area contributed by atoms with E-state index in [-0.39, 0.29) is 12.0 Å². The summed E-state index contributed by atoms with van der Waals surface area (Å²) < 4.78 is 5.97. The van der Waals surface area contributed by atoms with Gasteiger partial charge < -0.3 is 15.0 Å². The van der Waals surface area contributed by atoms with E-state index >= 15 is 0 Å². The van der Waals surface area contributed by atoms with Crippen LogP contribution in [0.25, 0.3) is 0 Å². The molecular formula is C17H20ClN3O2S. The smallest absolute Gasteiger partial charge is 0.265 e. The van der Waals surface area contributed by atoms with Gasteiger partial charge in [-0.2, -0.15) is 0 Å². The lowest BCUT2D eigenvalue weighted by Gasteiger charge is -2.32. The first-order valence-corrected chi connectivity index (χ1v) is 9.13. The summed E-state index contributed by atoms with van der Waals surface area (Å²) in [4.78, 5) is 19.6. The number of hydrogen-bond donors (Lipinski definition) is 1. The molecule has 24 heavy (non-hydrogen) atoms. The number of hydrogen-bond acceptors (Lipinski definition) is 5. The zero-order valence-electron chi connectivity index (χ0n) is 13.7. The van der Waals surface area contributed by atoms with Gasteiger partial charge in [-0.3, -0.25) is 4.79 Å². The molecule has 0 spiro atoms. The number of carbonyl (C=O) groups excluding carboxylic acids is 1. The second kappa shape index (κ2) is 7.40. The largest absolute Gasteiger partial charge is 0.490 e. The molecule has 2 heterocycles. The first-order valence-electron chi connectivity index (χ1n) is 7.93. The summed E-state index contributed by atoms with van der Waals surface area (Å²) in [6, 6.07) is 7.39. The Bertz CT molecular complexity index is 709. The van der Waals surface area contributed by atoms with Gasteiger partial charge in [0.15, 0.2) is 5.13 Å². The van der Waals surface area contributed by atoms with Gasteiger partial charge in [-0.05, 0) is 31.2 Å². The molecule has 5 nitrogen and oxygen atoms in total. The summed E-state index contributed by atoms with van der Waals surface area (Å²) in [6.07, 6.45) is 1.78. The summed E-state index contributed by atoms with van der Waals surface area (Å²) in [5.74, 6) is 0.887. The Balaban J connectivity index is 1.57. The van der Waals surface area contributed by atoms with Crippen molar-refractivity contribution in [1.82, 2.24) is 9.88 Å². The monoisotopic (exact) mass is 365 g/mol. The van der Waals surface area contributed by atoms with Gasteiger partial charge in [-0.1, -0.05) is 22.9 Å². The molecule has 0 saturated carbocycles. The van der Waals surface area contributed by atoms with Crippen molar-refractivity contribution in [2.75, 3.05) is 25.5 Å². The highest BCUT2D eigenvalue weighted by Gasteiger charge is 2.27. The minimum Gasteiger partial charge on any atom is -0.490 e. The average Bonchev–Trinajstić information content (AvgIpc) is 2.98. The number of anilines is 1. The van der Waals surface area contributed by atoms with E-state index in [1.807, 2.05) is 43.1 Å². The molecule has 1 aromatic carbocycles. The van der Waals surface area contributed by atoms with Crippen LogP contribution < -0.4 is 10.1 Å². The van der Waals surface area contributed by atoms with Gasteiger partial charge in [0, 0.05) is 38.0 Å². The highest BCUT2D eigenvalue weighted by molar-refractivity contribution is 7.17. The summed E-state index contributed by atoms with van der Waals surface area (Å²) in [7, 11) is 1.81. The normalized spacial score (nSPS) is 15.4. The molecule has 128 valence electrons. The molecule has 1 N–H and O–H groups in total. The predicted octanol–water partition coefficient (Wildman–Crippen LogP) is 3.83. The fourth-order valence-electron chi connectivity index (χ4n) is 2.73. The summed E-state index contributed by atoms with van der Waals surface area (Å²) in [5, 5.41) is 4.46. The lowest BCUT2D eigenvalue weighted by atomic mass is 10.1. The minimum absolute atomic E-state index is 0.0662. The van der Waals surface area contributed by atoms with Crippen molar-refractivity contribution in [2.45, 2.75) is 25.9 Å². The van der Waals surface area contributed by atoms with E-state index in [2.05, 4.69) is 10.3 Å². The van der Waals surface area contributed by atoms with Crippen molar-refractivity contribution in [3.05, 3.63) is 39.9 Å². The van der Waals surface area contributed by atoms with Crippen molar-refractivity contribution in [3.63, 3.8) is 0 Å². The van der Waals surface area contributed by atoms with Crippen molar-refractivity contribution in [2.24, 2.45) is 0 Å². The van der Waals surface area contributed by atoms with Crippen LogP contribution in [0.4, 0.5) is 5.13 Å². The molecule has 1 fully saturated rings. The molecule has 3 rings (SSSR count). The average molecular weight is 366 g/mol. The van der Waals surface area contributed by atoms with Crippen LogP contribution in [0, 0.1) is 6.92 Å². The third-order valence-electron chi connectivity index (χ3n) is 4.05. The van der Waals surface area contributed by atoms with Gasteiger partial charge in [0.2, 0.25) is 0 Å². The number of nitrogens with zero attached hydrogens (tertiary/aromatic N) is 2. The standard InChI is InChI=1S/C17H20ClN3O2S/c1-11-15(24-17(19-2)20-11)16(22)21-9-7-14(8-10-21)23-13-5-3-12(18)4-6-13/h3-6,14H,7-10H2,1-2H3,(H,19,20). The quantitative estimate of drug-likeness (QED) is 0.894. The molecule has 1 aliphatic heterocycles. The third-order valence-corrected chi connectivity index (χ3v) is 5.47. The molecule has 0 atom stereocenters. The van der Waals surface area contributed by atoms with E-state index < -0.39 is 0 Å². The molecule has 0 radical (unpaired) electrons. The Kier molecular flexibility index (Phi) is 5.26. The molecule has 0 unspecified atom stereocenters. The van der Waals surface area contributed by atoms with Crippen LogP contribution in [0.1, 0.15) is 28.2 Å². The zero-order chi connectivity index (χ0) is 17.1. The minimum atomic E-state index is 0.0662. The van der Waals surface area contributed by atoms with Crippen LogP contribution in [0.5, 0.6) is 5.75 Å². The van der Waals surface area contributed by atoms with Crippen molar-refractivity contribution in [3.8, 4) is 5.75 Å². The Morgan fingerprint density at radius 1 is 1.33 bits per heavy atom. The summed E-state index contributed by atoms with van der Waals surface area (Å²) >= 11 is 7.29. The predicted molar refractivity (Wildman–Crippen MR) is 97.4 cm³/mol. The van der Waals surface area contributed by atoms with E-state index in [4.69, 9.17) is 16.3 Å². The topological polar surface area (TPSA) is 54.5 Å². The first kappa shape index (κ1) is 17.0. The van der Waals surface area contributed by atoms with Gasteiger partial charge in [0.25, 0.3) is 5.91 Å².